The van der Waals surface area contributed by atoms with Crippen LogP contribution in [0, 0.1) is 13.8 Å². The second-order valence-corrected chi connectivity index (χ2v) is 9.07. The highest BCUT2D eigenvalue weighted by Gasteiger charge is 2.18. The second-order valence-electron chi connectivity index (χ2n) is 5.91. The molecule has 1 amide bonds. The highest BCUT2D eigenvalue weighted by atomic mass is 32.2. The number of carbonyl (C=O) groups excluding carboxylic acids is 1. The van der Waals surface area contributed by atoms with Crippen LogP contribution >= 0.6 is 11.3 Å². The minimum Gasteiger partial charge on any atom is -0.311 e. The molecular formula is C18H24N2O3S2. The second kappa shape index (κ2) is 8.12. The molecule has 1 N–H and O–H groups in total. The summed E-state index contributed by atoms with van der Waals surface area (Å²) >= 11 is 1.27. The standard InChI is InChI=1S/C18H24N2O3S2/c1-5-17-8-9-18(24-17)25(22,23)19-10-11-20(15(4)21)16-7-6-13(2)14(3)12-16/h6-9,12,19H,5,10-11H2,1-4H3. The zero-order valence-corrected chi connectivity index (χ0v) is 16.6. The third kappa shape index (κ3) is 4.90. The summed E-state index contributed by atoms with van der Waals surface area (Å²) < 4.78 is 27.6. The summed E-state index contributed by atoms with van der Waals surface area (Å²) in [7, 11) is -3.54. The molecule has 0 aliphatic rings. The van der Waals surface area contributed by atoms with Crippen molar-refractivity contribution in [2.24, 2.45) is 0 Å². The molecule has 136 valence electrons. The van der Waals surface area contributed by atoms with E-state index < -0.39 is 10.0 Å². The van der Waals surface area contributed by atoms with Crippen molar-refractivity contribution in [1.29, 1.82) is 0 Å². The molecule has 7 heteroatoms. The molecule has 1 heterocycles. The lowest BCUT2D eigenvalue weighted by Crippen LogP contribution is -2.37. The van der Waals surface area contributed by atoms with Crippen molar-refractivity contribution in [2.45, 2.75) is 38.3 Å². The van der Waals surface area contributed by atoms with Crippen LogP contribution in [0.5, 0.6) is 0 Å². The van der Waals surface area contributed by atoms with Crippen molar-refractivity contribution >= 4 is 33.0 Å². The SMILES string of the molecule is CCc1ccc(S(=O)(=O)NCCN(C(C)=O)c2ccc(C)c(C)c2)s1. The molecule has 0 aliphatic carbocycles. The van der Waals surface area contributed by atoms with E-state index in [2.05, 4.69) is 4.72 Å². The number of benzene rings is 1. The lowest BCUT2D eigenvalue weighted by Gasteiger charge is -2.22. The van der Waals surface area contributed by atoms with Gasteiger partial charge >= 0.3 is 0 Å². The fourth-order valence-electron chi connectivity index (χ4n) is 2.42. The van der Waals surface area contributed by atoms with E-state index in [0.717, 1.165) is 28.1 Å². The van der Waals surface area contributed by atoms with Crippen LogP contribution in [0.1, 0.15) is 29.9 Å². The van der Waals surface area contributed by atoms with Crippen molar-refractivity contribution in [2.75, 3.05) is 18.0 Å². The van der Waals surface area contributed by atoms with Crippen molar-refractivity contribution in [3.05, 3.63) is 46.3 Å². The van der Waals surface area contributed by atoms with E-state index in [1.165, 1.54) is 18.3 Å². The van der Waals surface area contributed by atoms with Gasteiger partial charge in [0.05, 0.1) is 0 Å². The Morgan fingerprint density at radius 1 is 1.16 bits per heavy atom. The first-order valence-corrected chi connectivity index (χ1v) is 10.5. The monoisotopic (exact) mass is 380 g/mol. The summed E-state index contributed by atoms with van der Waals surface area (Å²) in [5.41, 5.74) is 3.02. The van der Waals surface area contributed by atoms with Gasteiger partial charge < -0.3 is 4.90 Å². The molecule has 0 saturated heterocycles. The number of hydrogen-bond donors (Lipinski definition) is 1. The quantitative estimate of drug-likeness (QED) is 0.802. The van der Waals surface area contributed by atoms with E-state index in [1.54, 1.807) is 11.0 Å². The smallest absolute Gasteiger partial charge is 0.250 e. The molecule has 0 fully saturated rings. The fraction of sp³-hybridized carbons (Fsp3) is 0.389. The lowest BCUT2D eigenvalue weighted by atomic mass is 10.1. The van der Waals surface area contributed by atoms with Gasteiger partial charge in [0.25, 0.3) is 0 Å². The lowest BCUT2D eigenvalue weighted by molar-refractivity contribution is -0.116. The number of amides is 1. The van der Waals surface area contributed by atoms with E-state index >= 15 is 0 Å². The van der Waals surface area contributed by atoms with Gasteiger partial charge in [-0.15, -0.1) is 11.3 Å². The Hall–Kier alpha value is -1.70. The molecule has 1 aromatic heterocycles. The van der Waals surface area contributed by atoms with Crippen LogP contribution in [-0.4, -0.2) is 27.4 Å². The summed E-state index contributed by atoms with van der Waals surface area (Å²) in [6.07, 6.45) is 0.811. The average molecular weight is 381 g/mol. The van der Waals surface area contributed by atoms with Crippen molar-refractivity contribution in [3.63, 3.8) is 0 Å². The van der Waals surface area contributed by atoms with Crippen molar-refractivity contribution in [3.8, 4) is 0 Å². The number of hydrogen-bond acceptors (Lipinski definition) is 4. The fourth-order valence-corrected chi connectivity index (χ4v) is 4.78. The van der Waals surface area contributed by atoms with Crippen molar-refractivity contribution < 1.29 is 13.2 Å². The largest absolute Gasteiger partial charge is 0.311 e. The van der Waals surface area contributed by atoms with Crippen LogP contribution in [-0.2, 0) is 21.2 Å². The third-order valence-electron chi connectivity index (χ3n) is 4.06. The van der Waals surface area contributed by atoms with Crippen LogP contribution in [0.15, 0.2) is 34.5 Å². The number of aryl methyl sites for hydroxylation is 3. The Labute approximate surface area is 153 Å². The van der Waals surface area contributed by atoms with Crippen LogP contribution in [0.2, 0.25) is 0 Å². The molecular weight excluding hydrogens is 356 g/mol. The molecule has 0 spiro atoms. The van der Waals surface area contributed by atoms with Gasteiger partial charge in [-0.05, 0) is 55.7 Å². The molecule has 2 aromatic rings. The van der Waals surface area contributed by atoms with Crippen LogP contribution in [0.4, 0.5) is 5.69 Å². The van der Waals surface area contributed by atoms with E-state index in [9.17, 15) is 13.2 Å². The van der Waals surface area contributed by atoms with E-state index in [1.807, 2.05) is 45.0 Å². The zero-order chi connectivity index (χ0) is 18.6. The number of rotatable bonds is 7. The molecule has 5 nitrogen and oxygen atoms in total. The Balaban J connectivity index is 2.06. The van der Waals surface area contributed by atoms with Gasteiger partial charge in [-0.2, -0.15) is 0 Å². The van der Waals surface area contributed by atoms with Gasteiger partial charge in [0.2, 0.25) is 15.9 Å². The first kappa shape index (κ1) is 19.6. The van der Waals surface area contributed by atoms with Crippen LogP contribution < -0.4 is 9.62 Å². The molecule has 25 heavy (non-hydrogen) atoms. The Kier molecular flexibility index (Phi) is 6.37. The number of nitrogens with zero attached hydrogens (tertiary/aromatic N) is 1. The maximum Gasteiger partial charge on any atom is 0.250 e. The number of thiophene rings is 1. The van der Waals surface area contributed by atoms with Gasteiger partial charge in [0.15, 0.2) is 0 Å². The predicted molar refractivity (Wildman–Crippen MR) is 103 cm³/mol. The Morgan fingerprint density at radius 2 is 1.88 bits per heavy atom. The minimum atomic E-state index is -3.54. The topological polar surface area (TPSA) is 66.5 Å². The van der Waals surface area contributed by atoms with Gasteiger partial charge in [-0.3, -0.25) is 4.79 Å². The maximum atomic E-state index is 12.3. The maximum absolute atomic E-state index is 12.3. The van der Waals surface area contributed by atoms with Crippen LogP contribution in [0.3, 0.4) is 0 Å². The summed E-state index contributed by atoms with van der Waals surface area (Å²) in [5, 5.41) is 0. The number of anilines is 1. The molecule has 0 bridgehead atoms. The molecule has 0 unspecified atom stereocenters. The van der Waals surface area contributed by atoms with Gasteiger partial charge in [0, 0.05) is 30.6 Å². The minimum absolute atomic E-state index is 0.119. The number of carbonyl (C=O) groups is 1. The van der Waals surface area contributed by atoms with Gasteiger partial charge in [-0.25, -0.2) is 13.1 Å². The zero-order valence-electron chi connectivity index (χ0n) is 15.0. The average Bonchev–Trinajstić information content (AvgIpc) is 3.04. The molecule has 2 rings (SSSR count). The van der Waals surface area contributed by atoms with Gasteiger partial charge in [0.1, 0.15) is 4.21 Å². The van der Waals surface area contributed by atoms with E-state index in [-0.39, 0.29) is 19.0 Å². The van der Waals surface area contributed by atoms with Gasteiger partial charge in [-0.1, -0.05) is 13.0 Å². The first-order valence-electron chi connectivity index (χ1n) is 8.18. The molecule has 0 radical (unpaired) electrons. The Bertz CT molecular complexity index is 857. The summed E-state index contributed by atoms with van der Waals surface area (Å²) in [4.78, 5) is 14.6. The summed E-state index contributed by atoms with van der Waals surface area (Å²) in [6, 6.07) is 9.24. The van der Waals surface area contributed by atoms with Crippen molar-refractivity contribution in [1.82, 2.24) is 4.72 Å². The summed E-state index contributed by atoms with van der Waals surface area (Å²) in [6.45, 7) is 7.91. The predicted octanol–water partition coefficient (Wildman–Crippen LogP) is 3.26. The highest BCUT2D eigenvalue weighted by Crippen LogP contribution is 2.22. The highest BCUT2D eigenvalue weighted by molar-refractivity contribution is 7.91. The van der Waals surface area contributed by atoms with E-state index in [0.29, 0.717) is 4.21 Å². The number of sulfonamides is 1. The molecule has 0 atom stereocenters. The van der Waals surface area contributed by atoms with E-state index in [4.69, 9.17) is 0 Å². The Morgan fingerprint density at radius 3 is 2.44 bits per heavy atom. The molecule has 0 saturated carbocycles. The molecule has 0 aliphatic heterocycles. The first-order chi connectivity index (χ1) is 11.7. The molecule has 1 aromatic carbocycles. The normalized spacial score (nSPS) is 11.5. The number of nitrogens with one attached hydrogen (secondary N) is 1. The van der Waals surface area contributed by atoms with Crippen LogP contribution in [0.25, 0.3) is 0 Å². The third-order valence-corrected chi connectivity index (χ3v) is 7.24. The summed E-state index contributed by atoms with van der Waals surface area (Å²) in [5.74, 6) is -0.119.